The van der Waals surface area contributed by atoms with Crippen molar-refractivity contribution >= 4 is 21.6 Å². The number of anilines is 1. The Kier molecular flexibility index (Phi) is 5.67. The summed E-state index contributed by atoms with van der Waals surface area (Å²) in [5.74, 6) is 0.522. The summed E-state index contributed by atoms with van der Waals surface area (Å²) in [6.45, 7) is 1.11. The zero-order chi connectivity index (χ0) is 19.4. The number of likely N-dealkylation sites (tertiary alicyclic amines) is 1. The molecule has 1 saturated heterocycles. The summed E-state index contributed by atoms with van der Waals surface area (Å²) < 4.78 is 32.6. The van der Waals surface area contributed by atoms with Gasteiger partial charge in [0.2, 0.25) is 0 Å². The van der Waals surface area contributed by atoms with E-state index in [9.17, 15) is 13.2 Å². The van der Waals surface area contributed by atoms with Crippen molar-refractivity contribution in [2.24, 2.45) is 5.73 Å². The van der Waals surface area contributed by atoms with Gasteiger partial charge in [-0.25, -0.2) is 8.42 Å². The molecular formula is C19H23N3O4S. The summed E-state index contributed by atoms with van der Waals surface area (Å²) in [4.78, 5) is 14.5. The molecule has 1 fully saturated rings. The molecule has 27 heavy (non-hydrogen) atoms. The predicted molar refractivity (Wildman–Crippen MR) is 103 cm³/mol. The molecule has 3 N–H and O–H groups in total. The Hall–Kier alpha value is -2.58. The van der Waals surface area contributed by atoms with E-state index in [1.807, 2.05) is 0 Å². The predicted octanol–water partition coefficient (Wildman–Crippen LogP) is 2.06. The molecule has 1 heterocycles. The Morgan fingerprint density at radius 2 is 1.85 bits per heavy atom. The standard InChI is InChI=1S/C19H23N3O4S/c1-26-17-8-6-15(7-9-17)21-27(24,25)18-10-4-14(5-11-18)19(23)22-12-2-3-16(22)13-20/h4-11,16,21H,2-3,12-13,20H2,1H3. The molecule has 8 heteroatoms. The van der Waals surface area contributed by atoms with Gasteiger partial charge < -0.3 is 15.4 Å². The highest BCUT2D eigenvalue weighted by Crippen LogP contribution is 2.22. The maximum absolute atomic E-state index is 12.6. The van der Waals surface area contributed by atoms with E-state index < -0.39 is 10.0 Å². The molecule has 3 rings (SSSR count). The second-order valence-electron chi connectivity index (χ2n) is 6.39. The monoisotopic (exact) mass is 389 g/mol. The summed E-state index contributed by atoms with van der Waals surface area (Å²) in [6, 6.07) is 12.6. The van der Waals surface area contributed by atoms with Crippen molar-refractivity contribution in [1.29, 1.82) is 0 Å². The highest BCUT2D eigenvalue weighted by atomic mass is 32.2. The van der Waals surface area contributed by atoms with E-state index in [1.165, 1.54) is 24.3 Å². The third kappa shape index (κ3) is 4.23. The Morgan fingerprint density at radius 1 is 1.19 bits per heavy atom. The first-order valence-corrected chi connectivity index (χ1v) is 10.2. The Morgan fingerprint density at radius 3 is 2.44 bits per heavy atom. The largest absolute Gasteiger partial charge is 0.497 e. The van der Waals surface area contributed by atoms with E-state index in [1.54, 1.807) is 36.3 Å². The van der Waals surface area contributed by atoms with Crippen LogP contribution in [-0.4, -0.2) is 45.5 Å². The van der Waals surface area contributed by atoms with E-state index >= 15 is 0 Å². The molecule has 0 saturated carbocycles. The number of amides is 1. The van der Waals surface area contributed by atoms with Crippen LogP contribution in [0.25, 0.3) is 0 Å². The molecule has 1 aliphatic rings. The fourth-order valence-corrected chi connectivity index (χ4v) is 4.22. The summed E-state index contributed by atoms with van der Waals surface area (Å²) in [5.41, 5.74) is 6.61. The third-order valence-corrected chi connectivity index (χ3v) is 6.06. The summed E-state index contributed by atoms with van der Waals surface area (Å²) >= 11 is 0. The highest BCUT2D eigenvalue weighted by molar-refractivity contribution is 7.92. The lowest BCUT2D eigenvalue weighted by atomic mass is 10.1. The highest BCUT2D eigenvalue weighted by Gasteiger charge is 2.28. The number of methoxy groups -OCH3 is 1. The van der Waals surface area contributed by atoms with Gasteiger partial charge in [0, 0.05) is 30.4 Å². The average molecular weight is 389 g/mol. The molecule has 0 bridgehead atoms. The van der Waals surface area contributed by atoms with Crippen LogP contribution in [0.15, 0.2) is 53.4 Å². The van der Waals surface area contributed by atoms with Gasteiger partial charge in [-0.2, -0.15) is 0 Å². The SMILES string of the molecule is COc1ccc(NS(=O)(=O)c2ccc(C(=O)N3CCCC3CN)cc2)cc1. The van der Waals surface area contributed by atoms with Crippen molar-refractivity contribution in [2.45, 2.75) is 23.8 Å². The van der Waals surface area contributed by atoms with Crippen LogP contribution in [0, 0.1) is 0 Å². The minimum absolute atomic E-state index is 0.0534. The van der Waals surface area contributed by atoms with Crippen LogP contribution in [0.5, 0.6) is 5.75 Å². The molecule has 1 unspecified atom stereocenters. The van der Waals surface area contributed by atoms with Crippen LogP contribution in [0.3, 0.4) is 0 Å². The number of carbonyl (C=O) groups is 1. The van der Waals surface area contributed by atoms with Gasteiger partial charge in [0.1, 0.15) is 5.75 Å². The minimum Gasteiger partial charge on any atom is -0.497 e. The summed E-state index contributed by atoms with van der Waals surface area (Å²) in [7, 11) is -2.20. The van der Waals surface area contributed by atoms with E-state index in [0.717, 1.165) is 12.8 Å². The number of benzene rings is 2. The number of nitrogens with zero attached hydrogens (tertiary/aromatic N) is 1. The van der Waals surface area contributed by atoms with E-state index in [0.29, 0.717) is 30.1 Å². The number of ether oxygens (including phenoxy) is 1. The first-order chi connectivity index (χ1) is 12.9. The van der Waals surface area contributed by atoms with Gasteiger partial charge in [-0.05, 0) is 61.4 Å². The second-order valence-corrected chi connectivity index (χ2v) is 8.07. The Bertz CT molecular complexity index is 896. The third-order valence-electron chi connectivity index (χ3n) is 4.66. The topological polar surface area (TPSA) is 102 Å². The molecule has 0 spiro atoms. The van der Waals surface area contributed by atoms with Crippen molar-refractivity contribution in [3.8, 4) is 5.75 Å². The smallest absolute Gasteiger partial charge is 0.261 e. The van der Waals surface area contributed by atoms with Crippen molar-refractivity contribution < 1.29 is 17.9 Å². The Labute approximate surface area is 159 Å². The van der Waals surface area contributed by atoms with Crippen molar-refractivity contribution in [1.82, 2.24) is 4.90 Å². The molecule has 1 amide bonds. The normalized spacial score (nSPS) is 17.0. The van der Waals surface area contributed by atoms with Gasteiger partial charge >= 0.3 is 0 Å². The second kappa shape index (κ2) is 7.98. The fourth-order valence-electron chi connectivity index (χ4n) is 3.16. The van der Waals surface area contributed by atoms with Crippen LogP contribution in [0.4, 0.5) is 5.69 Å². The van der Waals surface area contributed by atoms with Crippen LogP contribution in [0.1, 0.15) is 23.2 Å². The lowest BCUT2D eigenvalue weighted by molar-refractivity contribution is 0.0741. The molecule has 2 aromatic carbocycles. The average Bonchev–Trinajstić information content (AvgIpc) is 3.16. The molecule has 0 radical (unpaired) electrons. The molecular weight excluding hydrogens is 366 g/mol. The summed E-state index contributed by atoms with van der Waals surface area (Å²) in [5, 5.41) is 0. The zero-order valence-corrected chi connectivity index (χ0v) is 15.9. The van der Waals surface area contributed by atoms with E-state index in [-0.39, 0.29) is 16.8 Å². The number of hydrogen-bond donors (Lipinski definition) is 2. The van der Waals surface area contributed by atoms with Gasteiger partial charge in [-0.15, -0.1) is 0 Å². The molecule has 144 valence electrons. The van der Waals surface area contributed by atoms with E-state index in [2.05, 4.69) is 4.72 Å². The molecule has 0 aliphatic carbocycles. The number of nitrogens with two attached hydrogens (primary N) is 1. The molecule has 2 aromatic rings. The van der Waals surface area contributed by atoms with Gasteiger partial charge in [-0.3, -0.25) is 9.52 Å². The minimum atomic E-state index is -3.75. The van der Waals surface area contributed by atoms with Crippen molar-refractivity contribution in [2.75, 3.05) is 24.9 Å². The van der Waals surface area contributed by atoms with Crippen molar-refractivity contribution in [3.05, 3.63) is 54.1 Å². The van der Waals surface area contributed by atoms with Gasteiger partial charge in [0.05, 0.1) is 12.0 Å². The van der Waals surface area contributed by atoms with Crippen LogP contribution in [0.2, 0.25) is 0 Å². The molecule has 1 aliphatic heterocycles. The van der Waals surface area contributed by atoms with Gasteiger partial charge in [0.15, 0.2) is 0 Å². The maximum atomic E-state index is 12.6. The number of nitrogens with one attached hydrogen (secondary N) is 1. The Balaban J connectivity index is 1.74. The molecule has 0 aromatic heterocycles. The number of carbonyl (C=O) groups excluding carboxylic acids is 1. The zero-order valence-electron chi connectivity index (χ0n) is 15.1. The lowest BCUT2D eigenvalue weighted by Gasteiger charge is -2.23. The van der Waals surface area contributed by atoms with Crippen molar-refractivity contribution in [3.63, 3.8) is 0 Å². The van der Waals surface area contributed by atoms with E-state index in [4.69, 9.17) is 10.5 Å². The first kappa shape index (κ1) is 19.2. The van der Waals surface area contributed by atoms with Crippen LogP contribution >= 0.6 is 0 Å². The van der Waals surface area contributed by atoms with Gasteiger partial charge in [0.25, 0.3) is 15.9 Å². The molecule has 7 nitrogen and oxygen atoms in total. The van der Waals surface area contributed by atoms with Gasteiger partial charge in [-0.1, -0.05) is 0 Å². The quantitative estimate of drug-likeness (QED) is 0.787. The first-order valence-electron chi connectivity index (χ1n) is 8.72. The molecule has 1 atom stereocenters. The fraction of sp³-hybridized carbons (Fsp3) is 0.316. The van der Waals surface area contributed by atoms with Crippen LogP contribution in [-0.2, 0) is 10.0 Å². The number of rotatable bonds is 6. The maximum Gasteiger partial charge on any atom is 0.261 e. The lowest BCUT2D eigenvalue weighted by Crippen LogP contribution is -2.39. The van der Waals surface area contributed by atoms with Crippen LogP contribution < -0.4 is 15.2 Å². The summed E-state index contributed by atoms with van der Waals surface area (Å²) in [6.07, 6.45) is 1.84. The number of hydrogen-bond acceptors (Lipinski definition) is 5. The number of sulfonamides is 1.